The number of rotatable bonds is 1. The van der Waals surface area contributed by atoms with Crippen LogP contribution in [0.3, 0.4) is 0 Å². The maximum atomic E-state index is 9.13. The van der Waals surface area contributed by atoms with Crippen molar-refractivity contribution in [1.29, 1.82) is 0 Å². The highest BCUT2D eigenvalue weighted by atomic mass is 35.5. The molecule has 0 atom stereocenters. The monoisotopic (exact) mass is 210 g/mol. The molecule has 5 heteroatoms. The third kappa shape index (κ3) is 3.17. The Kier molecular flexibility index (Phi) is 6.89. The zero-order valence-corrected chi connectivity index (χ0v) is 7.99. The van der Waals surface area contributed by atoms with Crippen LogP contribution in [0.25, 0.3) is 0 Å². The molecule has 1 aromatic carbocycles. The van der Waals surface area contributed by atoms with Crippen LogP contribution in [0.2, 0.25) is 0 Å². The molecule has 0 heterocycles. The van der Waals surface area contributed by atoms with E-state index in [1.165, 1.54) is 6.07 Å². The van der Waals surface area contributed by atoms with Crippen molar-refractivity contribution in [1.82, 2.24) is 0 Å². The van der Waals surface area contributed by atoms with E-state index in [0.29, 0.717) is 17.8 Å². The first-order valence-corrected chi connectivity index (χ1v) is 3.01. The van der Waals surface area contributed by atoms with Crippen molar-refractivity contribution in [2.75, 3.05) is 5.73 Å². The van der Waals surface area contributed by atoms with Crippen LogP contribution in [0.15, 0.2) is 18.2 Å². The van der Waals surface area contributed by atoms with Crippen LogP contribution in [-0.2, 0) is 6.54 Å². The molecule has 0 aliphatic rings. The van der Waals surface area contributed by atoms with Crippen molar-refractivity contribution >= 4 is 30.5 Å². The third-order valence-corrected chi connectivity index (χ3v) is 1.33. The Balaban J connectivity index is 0. The molecule has 0 aliphatic carbocycles. The summed E-state index contributed by atoms with van der Waals surface area (Å²) in [5.41, 5.74) is 11.9. The molecule has 0 spiro atoms. The number of hydrogen-bond donors (Lipinski definition) is 3. The molecule has 12 heavy (non-hydrogen) atoms. The molecule has 0 radical (unpaired) electrons. The number of benzene rings is 1. The summed E-state index contributed by atoms with van der Waals surface area (Å²) in [6, 6.07) is 4.91. The second kappa shape index (κ2) is 5.94. The lowest BCUT2D eigenvalue weighted by Gasteiger charge is -2.00. The van der Waals surface area contributed by atoms with E-state index in [2.05, 4.69) is 0 Å². The minimum atomic E-state index is 0. The fourth-order valence-electron chi connectivity index (χ4n) is 0.753. The summed E-state index contributed by atoms with van der Waals surface area (Å²) in [4.78, 5) is 0. The van der Waals surface area contributed by atoms with Gasteiger partial charge in [0.05, 0.1) is 0 Å². The van der Waals surface area contributed by atoms with Crippen molar-refractivity contribution < 1.29 is 5.11 Å². The Bertz CT molecular complexity index is 243. The van der Waals surface area contributed by atoms with Gasteiger partial charge in [-0.05, 0) is 6.07 Å². The van der Waals surface area contributed by atoms with Gasteiger partial charge in [0.25, 0.3) is 0 Å². The maximum absolute atomic E-state index is 9.13. The van der Waals surface area contributed by atoms with E-state index in [1.807, 2.05) is 0 Å². The largest absolute Gasteiger partial charge is 0.508 e. The average Bonchev–Trinajstić information content (AvgIpc) is 1.88. The van der Waals surface area contributed by atoms with Gasteiger partial charge in [-0.1, -0.05) is 6.07 Å². The Labute approximate surface area is 83.6 Å². The van der Waals surface area contributed by atoms with Crippen molar-refractivity contribution in [3.8, 4) is 5.75 Å². The van der Waals surface area contributed by atoms with Crippen molar-refractivity contribution in [2.24, 2.45) is 5.73 Å². The molecule has 0 aromatic heterocycles. The maximum Gasteiger partial charge on any atom is 0.122 e. The van der Waals surface area contributed by atoms with Crippen LogP contribution < -0.4 is 11.5 Å². The number of phenols is 1. The SMILES string of the molecule is Cl.Cl.NCc1ccc(N)cc1O. The Morgan fingerprint density at radius 3 is 2.25 bits per heavy atom. The molecular formula is C7H12Cl2N2O. The number of halogens is 2. The standard InChI is InChI=1S/C7H10N2O.2ClH/c8-4-5-1-2-6(9)3-7(5)10;;/h1-3,10H,4,8-9H2;2*1H. The van der Waals surface area contributed by atoms with Crippen LogP contribution in [0.4, 0.5) is 5.69 Å². The molecule has 0 bridgehead atoms. The molecule has 3 nitrogen and oxygen atoms in total. The average molecular weight is 211 g/mol. The molecule has 0 aliphatic heterocycles. The van der Waals surface area contributed by atoms with Crippen molar-refractivity contribution in [3.63, 3.8) is 0 Å². The van der Waals surface area contributed by atoms with Crippen LogP contribution in [0.1, 0.15) is 5.56 Å². The predicted octanol–water partition coefficient (Wildman–Crippen LogP) is 1.28. The summed E-state index contributed by atoms with van der Waals surface area (Å²) >= 11 is 0. The van der Waals surface area contributed by atoms with Gasteiger partial charge in [0.1, 0.15) is 5.75 Å². The Hall–Kier alpha value is -0.640. The van der Waals surface area contributed by atoms with E-state index in [1.54, 1.807) is 12.1 Å². The van der Waals surface area contributed by atoms with E-state index in [4.69, 9.17) is 16.6 Å². The molecule has 0 saturated carbocycles. The topological polar surface area (TPSA) is 72.3 Å². The molecule has 1 aromatic rings. The molecule has 0 amide bonds. The predicted molar refractivity (Wildman–Crippen MR) is 54.9 cm³/mol. The summed E-state index contributed by atoms with van der Waals surface area (Å²) in [6.07, 6.45) is 0. The molecule has 0 fully saturated rings. The van der Waals surface area contributed by atoms with Gasteiger partial charge >= 0.3 is 0 Å². The first kappa shape index (κ1) is 13.9. The molecule has 0 saturated heterocycles. The highest BCUT2D eigenvalue weighted by Gasteiger charge is 1.96. The highest BCUT2D eigenvalue weighted by molar-refractivity contribution is 5.85. The fraction of sp³-hybridized carbons (Fsp3) is 0.143. The van der Waals surface area contributed by atoms with Gasteiger partial charge < -0.3 is 16.6 Å². The van der Waals surface area contributed by atoms with Crippen LogP contribution in [0.5, 0.6) is 5.75 Å². The molecule has 70 valence electrons. The fourth-order valence-corrected chi connectivity index (χ4v) is 0.753. The van der Waals surface area contributed by atoms with Gasteiger partial charge in [-0.25, -0.2) is 0 Å². The van der Waals surface area contributed by atoms with Gasteiger partial charge in [0.15, 0.2) is 0 Å². The molecule has 0 unspecified atom stereocenters. The minimum absolute atomic E-state index is 0. The molecular weight excluding hydrogens is 199 g/mol. The van der Waals surface area contributed by atoms with Gasteiger partial charge in [-0.2, -0.15) is 0 Å². The lowest BCUT2D eigenvalue weighted by molar-refractivity contribution is 0.469. The molecule has 1 rings (SSSR count). The summed E-state index contributed by atoms with van der Waals surface area (Å²) < 4.78 is 0. The number of nitrogens with two attached hydrogens (primary N) is 2. The number of anilines is 1. The first-order chi connectivity index (χ1) is 4.74. The quantitative estimate of drug-likeness (QED) is 0.612. The van der Waals surface area contributed by atoms with Crippen LogP contribution in [0, 0.1) is 0 Å². The van der Waals surface area contributed by atoms with E-state index in [0.717, 1.165) is 0 Å². The smallest absolute Gasteiger partial charge is 0.122 e. The summed E-state index contributed by atoms with van der Waals surface area (Å²) in [5.74, 6) is 0.169. The van der Waals surface area contributed by atoms with E-state index >= 15 is 0 Å². The zero-order chi connectivity index (χ0) is 7.56. The molecule has 5 N–H and O–H groups in total. The third-order valence-electron chi connectivity index (χ3n) is 1.33. The van der Waals surface area contributed by atoms with Gasteiger partial charge in [0.2, 0.25) is 0 Å². The highest BCUT2D eigenvalue weighted by Crippen LogP contribution is 2.18. The summed E-state index contributed by atoms with van der Waals surface area (Å²) in [5, 5.41) is 9.13. The number of nitrogen functional groups attached to an aromatic ring is 1. The summed E-state index contributed by atoms with van der Waals surface area (Å²) in [6.45, 7) is 0.339. The zero-order valence-electron chi connectivity index (χ0n) is 6.36. The lowest BCUT2D eigenvalue weighted by atomic mass is 10.2. The van der Waals surface area contributed by atoms with Crippen LogP contribution in [-0.4, -0.2) is 5.11 Å². The van der Waals surface area contributed by atoms with Crippen molar-refractivity contribution in [3.05, 3.63) is 23.8 Å². The Morgan fingerprint density at radius 2 is 1.83 bits per heavy atom. The van der Waals surface area contributed by atoms with E-state index in [-0.39, 0.29) is 30.6 Å². The summed E-state index contributed by atoms with van der Waals surface area (Å²) in [7, 11) is 0. The van der Waals surface area contributed by atoms with E-state index in [9.17, 15) is 0 Å². The number of phenolic OH excluding ortho intramolecular Hbond substituents is 1. The van der Waals surface area contributed by atoms with Gasteiger partial charge in [-0.3, -0.25) is 0 Å². The Morgan fingerprint density at radius 1 is 1.25 bits per heavy atom. The van der Waals surface area contributed by atoms with Gasteiger partial charge in [-0.15, -0.1) is 24.8 Å². The number of aromatic hydroxyl groups is 1. The second-order valence-corrected chi connectivity index (χ2v) is 2.09. The number of hydrogen-bond acceptors (Lipinski definition) is 3. The lowest BCUT2D eigenvalue weighted by Crippen LogP contribution is -1.96. The van der Waals surface area contributed by atoms with Gasteiger partial charge in [0, 0.05) is 23.9 Å². The normalized spacial score (nSPS) is 8.08. The second-order valence-electron chi connectivity index (χ2n) is 2.09. The first-order valence-electron chi connectivity index (χ1n) is 3.01. The van der Waals surface area contributed by atoms with Crippen molar-refractivity contribution in [2.45, 2.75) is 6.54 Å². The van der Waals surface area contributed by atoms with E-state index < -0.39 is 0 Å². The minimum Gasteiger partial charge on any atom is -0.508 e. The van der Waals surface area contributed by atoms with Crippen LogP contribution >= 0.6 is 24.8 Å².